The molecule has 0 spiro atoms. The molecule has 2 N–H and O–H groups in total. The van der Waals surface area contributed by atoms with Crippen LogP contribution in [0.1, 0.15) is 0 Å². The third kappa shape index (κ3) is 4.11. The number of nitriles is 1. The first-order valence-corrected chi connectivity index (χ1v) is 2.06. The summed E-state index contributed by atoms with van der Waals surface area (Å²) in [6, 6.07) is 1.66. The molecule has 0 rings (SSSR count). The van der Waals surface area contributed by atoms with Gasteiger partial charge >= 0.3 is 0 Å². The van der Waals surface area contributed by atoms with Gasteiger partial charge in [0, 0.05) is 21.1 Å². The molecule has 0 aromatic rings. The van der Waals surface area contributed by atoms with E-state index in [1.165, 1.54) is 0 Å². The van der Waals surface area contributed by atoms with Gasteiger partial charge in [-0.1, -0.05) is 6.58 Å². The number of allylic oxidation sites excluding steroid dienone is 1. The number of hydrogen-bond acceptors (Lipinski definition) is 4. The van der Waals surface area contributed by atoms with Crippen molar-refractivity contribution in [3.05, 3.63) is 19.4 Å². The van der Waals surface area contributed by atoms with Crippen LogP contribution in [0.5, 0.6) is 0 Å². The Balaban J connectivity index is 0. The zero-order chi connectivity index (χ0) is 7.28. The monoisotopic (exact) mass is 308 g/mol. The van der Waals surface area contributed by atoms with Crippen molar-refractivity contribution in [1.82, 2.24) is 0 Å². The van der Waals surface area contributed by atoms with E-state index in [2.05, 4.69) is 23.7 Å². The second-order valence-corrected chi connectivity index (χ2v) is 1.21. The van der Waals surface area contributed by atoms with Crippen LogP contribution in [0, 0.1) is 18.4 Å². The van der Waals surface area contributed by atoms with Gasteiger partial charge < -0.3 is 10.6 Å². The Kier molecular flexibility index (Phi) is 7.52. The van der Waals surface area contributed by atoms with Crippen molar-refractivity contribution in [2.24, 2.45) is 10.9 Å². The third-order valence-electron chi connectivity index (χ3n) is 0.566. The molecule has 0 aliphatic rings. The predicted octanol–water partition coefficient (Wildman–Crippen LogP) is 0.144. The SMILES string of the molecule is C=C(N)C(C#N)=NO[CH2-].[W]. The van der Waals surface area contributed by atoms with E-state index in [1.54, 1.807) is 6.07 Å². The fraction of sp³-hybridized carbons (Fsp3) is 0. The van der Waals surface area contributed by atoms with Crippen LogP contribution < -0.4 is 5.73 Å². The van der Waals surface area contributed by atoms with E-state index in [4.69, 9.17) is 11.0 Å². The Hall–Kier alpha value is -0.812. The Morgan fingerprint density at radius 2 is 2.30 bits per heavy atom. The first kappa shape index (κ1) is 11.9. The van der Waals surface area contributed by atoms with E-state index in [-0.39, 0.29) is 32.5 Å². The third-order valence-corrected chi connectivity index (χ3v) is 0.566. The van der Waals surface area contributed by atoms with Crippen molar-refractivity contribution in [3.63, 3.8) is 0 Å². The first-order chi connectivity index (χ1) is 4.22. The van der Waals surface area contributed by atoms with Gasteiger partial charge in [0.25, 0.3) is 0 Å². The molecule has 0 heterocycles. The van der Waals surface area contributed by atoms with Crippen molar-refractivity contribution < 1.29 is 25.9 Å². The summed E-state index contributed by atoms with van der Waals surface area (Å²) in [4.78, 5) is 4.03. The maximum Gasteiger partial charge on any atom is 0.198 e. The van der Waals surface area contributed by atoms with Gasteiger partial charge in [0.15, 0.2) is 5.71 Å². The molecule has 0 radical (unpaired) electrons. The molecule has 5 heteroatoms. The molecule has 10 heavy (non-hydrogen) atoms. The van der Waals surface area contributed by atoms with Gasteiger partial charge in [-0.05, 0) is 0 Å². The average Bonchev–Trinajstić information content (AvgIpc) is 1.82. The van der Waals surface area contributed by atoms with E-state index in [0.717, 1.165) is 0 Å². The quantitative estimate of drug-likeness (QED) is 0.448. The van der Waals surface area contributed by atoms with Crippen molar-refractivity contribution in [1.29, 1.82) is 5.26 Å². The molecule has 0 atom stereocenters. The summed E-state index contributed by atoms with van der Waals surface area (Å²) in [7, 11) is 2.92. The van der Waals surface area contributed by atoms with E-state index < -0.39 is 0 Å². The number of hydrogen-bond donors (Lipinski definition) is 1. The Morgan fingerprint density at radius 3 is 2.40 bits per heavy atom. The van der Waals surface area contributed by atoms with Crippen LogP contribution in [0.2, 0.25) is 0 Å². The summed E-state index contributed by atoms with van der Waals surface area (Å²) >= 11 is 0. The minimum atomic E-state index is -0.0509. The topological polar surface area (TPSA) is 71.4 Å². The van der Waals surface area contributed by atoms with Crippen LogP contribution >= 0.6 is 0 Å². The molecule has 0 saturated heterocycles. The number of oxime groups is 1. The maximum atomic E-state index is 8.20. The predicted molar refractivity (Wildman–Crippen MR) is 32.8 cm³/mol. The van der Waals surface area contributed by atoms with Crippen LogP contribution in [0.25, 0.3) is 0 Å². The molecule has 0 aliphatic heterocycles. The fourth-order valence-corrected chi connectivity index (χ4v) is 0.215. The summed E-state index contributed by atoms with van der Waals surface area (Å²) in [5, 5.41) is 11.4. The Labute approximate surface area is 73.6 Å². The molecule has 0 aromatic heterocycles. The molecule has 0 fully saturated rings. The smallest absolute Gasteiger partial charge is 0.198 e. The first-order valence-electron chi connectivity index (χ1n) is 2.06. The van der Waals surface area contributed by atoms with Crippen LogP contribution in [0.4, 0.5) is 0 Å². The van der Waals surface area contributed by atoms with Crippen LogP contribution in [-0.2, 0) is 25.9 Å². The normalized spacial score (nSPS) is 9.00. The molecule has 0 amide bonds. The molecular formula is C5H6N3OW-. The summed E-state index contributed by atoms with van der Waals surface area (Å²) in [5.74, 6) is 0. The van der Waals surface area contributed by atoms with E-state index in [1.807, 2.05) is 0 Å². The minimum absolute atomic E-state index is 0. The second-order valence-electron chi connectivity index (χ2n) is 1.21. The molecule has 0 saturated carbocycles. The van der Waals surface area contributed by atoms with Crippen molar-refractivity contribution >= 4 is 5.71 Å². The number of nitrogens with zero attached hydrogens (tertiary/aromatic N) is 2. The molecule has 0 bridgehead atoms. The van der Waals surface area contributed by atoms with Gasteiger partial charge in [0.2, 0.25) is 0 Å². The molecular weight excluding hydrogens is 302 g/mol. The number of rotatable bonds is 2. The molecule has 54 valence electrons. The summed E-state index contributed by atoms with van der Waals surface area (Å²) in [6.07, 6.45) is 0. The summed E-state index contributed by atoms with van der Waals surface area (Å²) < 4.78 is 0. The van der Waals surface area contributed by atoms with Gasteiger partial charge in [-0.3, -0.25) is 0 Å². The summed E-state index contributed by atoms with van der Waals surface area (Å²) in [5.41, 5.74) is 5.10. The average molecular weight is 308 g/mol. The Morgan fingerprint density at radius 1 is 1.80 bits per heavy atom. The fourth-order valence-electron chi connectivity index (χ4n) is 0.215. The molecule has 0 aromatic carbocycles. The van der Waals surface area contributed by atoms with Gasteiger partial charge in [-0.25, -0.2) is 0 Å². The van der Waals surface area contributed by atoms with Crippen LogP contribution in [0.3, 0.4) is 0 Å². The van der Waals surface area contributed by atoms with Gasteiger partial charge in [-0.15, -0.1) is 12.3 Å². The zero-order valence-electron chi connectivity index (χ0n) is 5.20. The standard InChI is InChI=1S/C5H6N3O.W/c1-4(7)5(3-6)8-9-2;/h1-2,7H2;/q-1;. The van der Waals surface area contributed by atoms with Gasteiger partial charge in [0.05, 0.1) is 5.70 Å². The minimum Gasteiger partial charge on any atom is -0.569 e. The van der Waals surface area contributed by atoms with Gasteiger partial charge in [-0.2, -0.15) is 5.26 Å². The van der Waals surface area contributed by atoms with Gasteiger partial charge in [0.1, 0.15) is 6.07 Å². The van der Waals surface area contributed by atoms with E-state index >= 15 is 0 Å². The van der Waals surface area contributed by atoms with Crippen LogP contribution in [-0.4, -0.2) is 5.71 Å². The molecule has 0 unspecified atom stereocenters. The molecule has 4 nitrogen and oxygen atoms in total. The second kappa shape index (κ2) is 6.31. The molecule has 0 aliphatic carbocycles. The van der Waals surface area contributed by atoms with Crippen LogP contribution in [0.15, 0.2) is 17.4 Å². The maximum absolute atomic E-state index is 8.20. The van der Waals surface area contributed by atoms with Crippen molar-refractivity contribution in [3.8, 4) is 6.07 Å². The van der Waals surface area contributed by atoms with E-state index in [0.29, 0.717) is 0 Å². The van der Waals surface area contributed by atoms with Crippen molar-refractivity contribution in [2.75, 3.05) is 0 Å². The Bertz CT molecular complexity index is 182. The zero-order valence-corrected chi connectivity index (χ0v) is 8.14. The van der Waals surface area contributed by atoms with Crippen molar-refractivity contribution in [2.45, 2.75) is 0 Å². The summed E-state index contributed by atoms with van der Waals surface area (Å²) in [6.45, 7) is 3.26. The largest absolute Gasteiger partial charge is 0.569 e. The number of nitrogens with two attached hydrogens (primary N) is 1. The van der Waals surface area contributed by atoms with E-state index in [9.17, 15) is 0 Å².